The van der Waals surface area contributed by atoms with Gasteiger partial charge in [-0.3, -0.25) is 0 Å². The van der Waals surface area contributed by atoms with Gasteiger partial charge >= 0.3 is 12.1 Å². The zero-order chi connectivity index (χ0) is 15.4. The van der Waals surface area contributed by atoms with Crippen molar-refractivity contribution in [2.24, 2.45) is 5.73 Å². The van der Waals surface area contributed by atoms with Gasteiger partial charge in [0.15, 0.2) is 17.3 Å². The van der Waals surface area contributed by atoms with E-state index in [-0.39, 0.29) is 22.9 Å². The Balaban J connectivity index is 2.21. The maximum atomic E-state index is 13.6. The van der Waals surface area contributed by atoms with Crippen LogP contribution in [0.1, 0.15) is 10.5 Å². The summed E-state index contributed by atoms with van der Waals surface area (Å²) in [4.78, 5) is 25.6. The van der Waals surface area contributed by atoms with E-state index in [4.69, 9.17) is 16.2 Å². The van der Waals surface area contributed by atoms with Crippen LogP contribution in [0.3, 0.4) is 0 Å². The second kappa shape index (κ2) is 5.87. The fourth-order valence-corrected chi connectivity index (χ4v) is 1.46. The molecule has 0 bridgehead atoms. The summed E-state index contributed by atoms with van der Waals surface area (Å²) >= 11 is 0. The second-order valence-corrected chi connectivity index (χ2v) is 3.88. The monoisotopic (exact) mass is 291 g/mol. The number of ether oxygens (including phenoxy) is 2. The summed E-state index contributed by atoms with van der Waals surface area (Å²) in [6.07, 6.45) is -0.0139. The highest BCUT2D eigenvalue weighted by Gasteiger charge is 2.14. The molecule has 1 heterocycles. The van der Waals surface area contributed by atoms with Crippen LogP contribution in [0.2, 0.25) is 0 Å². The van der Waals surface area contributed by atoms with Gasteiger partial charge in [-0.05, 0) is 18.2 Å². The van der Waals surface area contributed by atoms with Crippen LogP contribution < -0.4 is 16.2 Å². The van der Waals surface area contributed by atoms with E-state index < -0.39 is 17.9 Å². The number of rotatable bonds is 3. The van der Waals surface area contributed by atoms with Crippen molar-refractivity contribution in [2.45, 2.75) is 0 Å². The number of nitrogens with zero attached hydrogens (tertiary/aromatic N) is 1. The number of benzene rings is 1. The molecule has 2 rings (SSSR count). The Morgan fingerprint density at radius 2 is 1.95 bits per heavy atom. The lowest BCUT2D eigenvalue weighted by atomic mass is 10.3. The molecule has 0 spiro atoms. The van der Waals surface area contributed by atoms with Crippen molar-refractivity contribution < 1.29 is 23.5 Å². The normalized spacial score (nSPS) is 9.95. The molecule has 4 N–H and O–H groups in total. The van der Waals surface area contributed by atoms with E-state index in [1.54, 1.807) is 0 Å². The van der Waals surface area contributed by atoms with Crippen LogP contribution in [0.4, 0.5) is 14.9 Å². The number of nitrogens with two attached hydrogens (primary N) is 2. The summed E-state index contributed by atoms with van der Waals surface area (Å²) in [5, 5.41) is 0. The average Bonchev–Trinajstić information content (AvgIpc) is 2.41. The number of primary amides is 1. The van der Waals surface area contributed by atoms with Gasteiger partial charge in [0.2, 0.25) is 0 Å². The first-order chi connectivity index (χ1) is 9.95. The number of hydrogen-bond donors (Lipinski definition) is 2. The number of nitrogen functional groups attached to an aromatic ring is 1. The van der Waals surface area contributed by atoms with Crippen LogP contribution in [0.5, 0.6) is 11.5 Å². The van der Waals surface area contributed by atoms with Crippen molar-refractivity contribution in [1.29, 1.82) is 0 Å². The first kappa shape index (κ1) is 14.3. The maximum absolute atomic E-state index is 13.6. The molecular formula is C13H10FN3O4. The van der Waals surface area contributed by atoms with Gasteiger partial charge in [-0.15, -0.1) is 0 Å². The van der Waals surface area contributed by atoms with Crippen molar-refractivity contribution in [1.82, 2.24) is 4.98 Å². The molecular weight excluding hydrogens is 281 g/mol. The van der Waals surface area contributed by atoms with Crippen LogP contribution >= 0.6 is 0 Å². The Hall–Kier alpha value is -3.16. The lowest BCUT2D eigenvalue weighted by Crippen LogP contribution is -2.19. The number of esters is 1. The summed E-state index contributed by atoms with van der Waals surface area (Å²) in [5.41, 5.74) is 10.2. The Kier molecular flexibility index (Phi) is 3.98. The highest BCUT2D eigenvalue weighted by Crippen LogP contribution is 2.26. The van der Waals surface area contributed by atoms with Gasteiger partial charge in [-0.25, -0.2) is 19.0 Å². The number of carbonyl (C=O) groups excluding carboxylic acids is 2. The number of aromatic nitrogens is 1. The van der Waals surface area contributed by atoms with Gasteiger partial charge < -0.3 is 20.9 Å². The third kappa shape index (κ3) is 3.66. The highest BCUT2D eigenvalue weighted by atomic mass is 19.1. The van der Waals surface area contributed by atoms with Crippen LogP contribution in [0.15, 0.2) is 36.5 Å². The van der Waals surface area contributed by atoms with Gasteiger partial charge in [0.1, 0.15) is 5.75 Å². The van der Waals surface area contributed by atoms with Crippen molar-refractivity contribution in [3.8, 4) is 11.5 Å². The van der Waals surface area contributed by atoms with Crippen LogP contribution in [-0.4, -0.2) is 17.0 Å². The molecule has 8 heteroatoms. The molecule has 2 aromatic rings. The lowest BCUT2D eigenvalue weighted by molar-refractivity contribution is 0.0631. The third-order valence-electron chi connectivity index (χ3n) is 2.32. The standard InChI is InChI=1S/C13H10FN3O4/c14-9-5-7(15)1-2-11(9)20-8-3-4-17-10(6-8)12(18)21-13(16)19/h1-6H,15H2,(H2,16,19). The Morgan fingerprint density at radius 1 is 1.19 bits per heavy atom. The number of carbonyl (C=O) groups is 2. The number of pyridine rings is 1. The summed E-state index contributed by atoms with van der Waals surface area (Å²) in [6, 6.07) is 6.48. The molecule has 0 aliphatic rings. The molecule has 0 fully saturated rings. The number of hydrogen-bond acceptors (Lipinski definition) is 6. The molecule has 21 heavy (non-hydrogen) atoms. The average molecular weight is 291 g/mol. The first-order valence-corrected chi connectivity index (χ1v) is 5.66. The molecule has 0 aliphatic heterocycles. The fourth-order valence-electron chi connectivity index (χ4n) is 1.46. The Labute approximate surface area is 118 Å². The summed E-state index contributed by atoms with van der Waals surface area (Å²) in [6.45, 7) is 0. The zero-order valence-electron chi connectivity index (χ0n) is 10.6. The van der Waals surface area contributed by atoms with Gasteiger partial charge in [0.05, 0.1) is 0 Å². The lowest BCUT2D eigenvalue weighted by Gasteiger charge is -2.08. The largest absolute Gasteiger partial charge is 0.454 e. The van der Waals surface area contributed by atoms with E-state index in [9.17, 15) is 14.0 Å². The molecule has 108 valence electrons. The predicted molar refractivity (Wildman–Crippen MR) is 70.1 cm³/mol. The molecule has 0 saturated carbocycles. The summed E-state index contributed by atoms with van der Waals surface area (Å²) in [5.74, 6) is -1.64. The number of anilines is 1. The molecule has 1 amide bonds. The molecule has 1 aromatic heterocycles. The van der Waals surface area contributed by atoms with Gasteiger partial charge in [0.25, 0.3) is 0 Å². The van der Waals surface area contributed by atoms with Crippen LogP contribution in [0.25, 0.3) is 0 Å². The third-order valence-corrected chi connectivity index (χ3v) is 2.32. The summed E-state index contributed by atoms with van der Waals surface area (Å²) in [7, 11) is 0. The SMILES string of the molecule is NC(=O)OC(=O)c1cc(Oc2ccc(N)cc2F)ccn1. The minimum atomic E-state index is -1.25. The van der Waals surface area contributed by atoms with Crippen molar-refractivity contribution >= 4 is 17.7 Å². The quantitative estimate of drug-likeness (QED) is 0.506. The molecule has 0 atom stereocenters. The summed E-state index contributed by atoms with van der Waals surface area (Å²) < 4.78 is 23.0. The van der Waals surface area contributed by atoms with E-state index in [0.717, 1.165) is 6.07 Å². The zero-order valence-corrected chi connectivity index (χ0v) is 10.6. The predicted octanol–water partition coefficient (Wildman–Crippen LogP) is 1.83. The minimum absolute atomic E-state index is 0.0791. The molecule has 7 nitrogen and oxygen atoms in total. The first-order valence-electron chi connectivity index (χ1n) is 5.66. The molecule has 0 unspecified atom stereocenters. The van der Waals surface area contributed by atoms with Crippen molar-refractivity contribution in [3.05, 3.63) is 48.0 Å². The topological polar surface area (TPSA) is 118 Å². The fraction of sp³-hybridized carbons (Fsp3) is 0. The van der Waals surface area contributed by atoms with Gasteiger partial charge in [-0.1, -0.05) is 0 Å². The molecule has 1 aromatic carbocycles. The minimum Gasteiger partial charge on any atom is -0.454 e. The molecule has 0 aliphatic carbocycles. The van der Waals surface area contributed by atoms with Gasteiger partial charge in [-0.2, -0.15) is 0 Å². The Bertz CT molecular complexity index is 706. The smallest absolute Gasteiger partial charge is 0.412 e. The maximum Gasteiger partial charge on any atom is 0.412 e. The van der Waals surface area contributed by atoms with Crippen molar-refractivity contribution in [3.63, 3.8) is 0 Å². The number of halogens is 1. The van der Waals surface area contributed by atoms with Gasteiger partial charge in [0, 0.05) is 24.0 Å². The van der Waals surface area contributed by atoms with Crippen LogP contribution in [0, 0.1) is 5.82 Å². The highest BCUT2D eigenvalue weighted by molar-refractivity contribution is 5.94. The van der Waals surface area contributed by atoms with E-state index in [1.807, 2.05) is 0 Å². The molecule has 0 radical (unpaired) electrons. The second-order valence-electron chi connectivity index (χ2n) is 3.88. The van der Waals surface area contributed by atoms with Crippen molar-refractivity contribution in [2.75, 3.05) is 5.73 Å². The molecule has 0 saturated heterocycles. The van der Waals surface area contributed by atoms with E-state index in [0.29, 0.717) is 0 Å². The Morgan fingerprint density at radius 3 is 2.62 bits per heavy atom. The van der Waals surface area contributed by atoms with Crippen LogP contribution in [-0.2, 0) is 4.74 Å². The van der Waals surface area contributed by atoms with E-state index in [2.05, 4.69) is 9.72 Å². The number of amides is 1. The van der Waals surface area contributed by atoms with E-state index in [1.165, 1.54) is 30.5 Å². The van der Waals surface area contributed by atoms with E-state index >= 15 is 0 Å².